The number of hydrogen-bond donors (Lipinski definition) is 2. The molecule has 0 bridgehead atoms. The Morgan fingerprint density at radius 2 is 2.04 bits per heavy atom. The molecule has 0 aliphatic heterocycles. The summed E-state index contributed by atoms with van der Waals surface area (Å²) in [6.07, 6.45) is 1.32. The molecule has 1 aromatic carbocycles. The van der Waals surface area contributed by atoms with E-state index in [0.717, 1.165) is 34.9 Å². The second kappa shape index (κ2) is 9.52. The lowest BCUT2D eigenvalue weighted by atomic mass is 10.2. The fraction of sp³-hybridized carbons (Fsp3) is 0.444. The normalized spacial score (nSPS) is 11.0. The number of benzene rings is 1. The van der Waals surface area contributed by atoms with Gasteiger partial charge in [-0.15, -0.1) is 11.3 Å². The van der Waals surface area contributed by atoms with Crippen molar-refractivity contribution in [3.63, 3.8) is 0 Å². The average Bonchev–Trinajstić information content (AvgIpc) is 2.97. The van der Waals surface area contributed by atoms with Crippen LogP contribution in [0.4, 0.5) is 5.69 Å². The highest BCUT2D eigenvalue weighted by Gasteiger charge is 2.11. The van der Waals surface area contributed by atoms with Crippen LogP contribution in [0.2, 0.25) is 0 Å². The number of aliphatic hydroxyl groups excluding tert-OH is 1. The van der Waals surface area contributed by atoms with E-state index in [9.17, 15) is 4.79 Å². The minimum atomic E-state index is -0.0551. The lowest BCUT2D eigenvalue weighted by molar-refractivity contribution is -0.115. The summed E-state index contributed by atoms with van der Waals surface area (Å²) in [6, 6.07) is 7.75. The largest absolute Gasteiger partial charge is 0.395 e. The Bertz CT molecular complexity index is 634. The zero-order valence-corrected chi connectivity index (χ0v) is 15.1. The zero-order chi connectivity index (χ0) is 17.4. The summed E-state index contributed by atoms with van der Waals surface area (Å²) in [6.45, 7) is 6.57. The van der Waals surface area contributed by atoms with Gasteiger partial charge in [-0.05, 0) is 32.0 Å². The van der Waals surface area contributed by atoms with E-state index in [1.165, 1.54) is 11.3 Å². The van der Waals surface area contributed by atoms with Crippen LogP contribution in [0.1, 0.15) is 29.6 Å². The minimum Gasteiger partial charge on any atom is -0.395 e. The highest BCUT2D eigenvalue weighted by Crippen LogP contribution is 2.14. The third-order valence-corrected chi connectivity index (χ3v) is 4.49. The third kappa shape index (κ3) is 6.03. The van der Waals surface area contributed by atoms with Crippen LogP contribution in [0, 0.1) is 6.92 Å². The van der Waals surface area contributed by atoms with Gasteiger partial charge in [-0.1, -0.05) is 24.6 Å². The fourth-order valence-corrected chi connectivity index (χ4v) is 3.22. The van der Waals surface area contributed by atoms with Crippen molar-refractivity contribution < 1.29 is 9.90 Å². The van der Waals surface area contributed by atoms with E-state index < -0.39 is 0 Å². The smallest absolute Gasteiger partial charge is 0.231 e. The van der Waals surface area contributed by atoms with E-state index in [1.54, 1.807) is 0 Å². The van der Waals surface area contributed by atoms with Crippen LogP contribution < -0.4 is 5.32 Å². The van der Waals surface area contributed by atoms with Gasteiger partial charge >= 0.3 is 0 Å². The zero-order valence-electron chi connectivity index (χ0n) is 14.3. The lowest BCUT2D eigenvalue weighted by Gasteiger charge is -2.18. The van der Waals surface area contributed by atoms with Crippen molar-refractivity contribution in [3.8, 4) is 0 Å². The molecule has 24 heavy (non-hydrogen) atoms. The van der Waals surface area contributed by atoms with Crippen LogP contribution in [0.15, 0.2) is 29.6 Å². The summed E-state index contributed by atoms with van der Waals surface area (Å²) in [5, 5.41) is 14.8. The van der Waals surface area contributed by atoms with Crippen molar-refractivity contribution in [2.24, 2.45) is 0 Å². The van der Waals surface area contributed by atoms with Gasteiger partial charge < -0.3 is 10.4 Å². The van der Waals surface area contributed by atoms with Crippen molar-refractivity contribution in [3.05, 3.63) is 45.9 Å². The van der Waals surface area contributed by atoms with Gasteiger partial charge in [-0.2, -0.15) is 0 Å². The van der Waals surface area contributed by atoms with Crippen molar-refractivity contribution >= 4 is 22.9 Å². The highest BCUT2D eigenvalue weighted by molar-refractivity contribution is 7.09. The van der Waals surface area contributed by atoms with Crippen LogP contribution in [-0.4, -0.2) is 40.6 Å². The van der Waals surface area contributed by atoms with Gasteiger partial charge in [0.25, 0.3) is 0 Å². The van der Waals surface area contributed by atoms with Crippen LogP contribution in [0.25, 0.3) is 0 Å². The third-order valence-electron chi connectivity index (χ3n) is 3.59. The molecular weight excluding hydrogens is 322 g/mol. The SMILES string of the molecule is CCCN(CCO)Cc1csc(CC(=O)Nc2ccc(C)cc2)n1. The van der Waals surface area contributed by atoms with Gasteiger partial charge in [-0.25, -0.2) is 4.98 Å². The van der Waals surface area contributed by atoms with E-state index in [2.05, 4.69) is 22.1 Å². The second-order valence-electron chi connectivity index (χ2n) is 5.82. The predicted octanol–water partition coefficient (Wildman–Crippen LogP) is 2.84. The number of aromatic nitrogens is 1. The molecule has 1 aromatic heterocycles. The molecule has 2 N–H and O–H groups in total. The molecule has 6 heteroatoms. The van der Waals surface area contributed by atoms with E-state index in [-0.39, 0.29) is 18.9 Å². The first kappa shape index (κ1) is 18.6. The molecule has 0 aliphatic carbocycles. The quantitative estimate of drug-likeness (QED) is 0.732. The number of hydrogen-bond acceptors (Lipinski definition) is 5. The van der Waals surface area contributed by atoms with E-state index >= 15 is 0 Å². The molecule has 0 saturated heterocycles. The standard InChI is InChI=1S/C18H25N3O2S/c1-3-8-21(9-10-22)12-16-13-24-18(20-16)11-17(23)19-15-6-4-14(2)5-7-15/h4-7,13,22H,3,8-12H2,1-2H3,(H,19,23). The van der Waals surface area contributed by atoms with Crippen molar-refractivity contribution in [2.45, 2.75) is 33.2 Å². The number of thiazole rings is 1. The van der Waals surface area contributed by atoms with E-state index in [4.69, 9.17) is 5.11 Å². The first-order chi connectivity index (χ1) is 11.6. The summed E-state index contributed by atoms with van der Waals surface area (Å²) < 4.78 is 0. The van der Waals surface area contributed by atoms with Gasteiger partial charge in [0.15, 0.2) is 0 Å². The number of rotatable bonds is 9. The Morgan fingerprint density at radius 3 is 2.71 bits per heavy atom. The number of aryl methyl sites for hydroxylation is 1. The van der Waals surface area contributed by atoms with Crippen molar-refractivity contribution in [1.29, 1.82) is 0 Å². The Hall–Kier alpha value is -1.76. The molecule has 0 unspecified atom stereocenters. The molecule has 130 valence electrons. The fourth-order valence-electron chi connectivity index (χ4n) is 2.44. The van der Waals surface area contributed by atoms with Gasteiger partial charge in [0.2, 0.25) is 5.91 Å². The highest BCUT2D eigenvalue weighted by atomic mass is 32.1. The molecule has 0 radical (unpaired) electrons. The van der Waals surface area contributed by atoms with Gasteiger partial charge in [0, 0.05) is 24.2 Å². The summed E-state index contributed by atoms with van der Waals surface area (Å²) in [7, 11) is 0. The maximum absolute atomic E-state index is 12.1. The predicted molar refractivity (Wildman–Crippen MR) is 98.3 cm³/mol. The Balaban J connectivity index is 1.88. The van der Waals surface area contributed by atoms with Crippen molar-refractivity contribution in [2.75, 3.05) is 25.0 Å². The summed E-state index contributed by atoms with van der Waals surface area (Å²) in [5.41, 5.74) is 2.93. The van der Waals surface area contributed by atoms with E-state index in [0.29, 0.717) is 13.1 Å². The van der Waals surface area contributed by atoms with Crippen LogP contribution >= 0.6 is 11.3 Å². The molecule has 2 aromatic rings. The molecule has 0 atom stereocenters. The van der Waals surface area contributed by atoms with Gasteiger partial charge in [0.05, 0.1) is 18.7 Å². The Kier molecular flexibility index (Phi) is 7.36. The van der Waals surface area contributed by atoms with Crippen LogP contribution in [-0.2, 0) is 17.8 Å². The molecule has 0 aliphatic rings. The molecule has 0 saturated carbocycles. The topological polar surface area (TPSA) is 65.5 Å². The van der Waals surface area contributed by atoms with Crippen molar-refractivity contribution in [1.82, 2.24) is 9.88 Å². The average molecular weight is 347 g/mol. The van der Waals surface area contributed by atoms with E-state index in [1.807, 2.05) is 36.6 Å². The monoisotopic (exact) mass is 347 g/mol. The number of nitrogens with zero attached hydrogens (tertiary/aromatic N) is 2. The first-order valence-electron chi connectivity index (χ1n) is 8.23. The number of anilines is 1. The van der Waals surface area contributed by atoms with Gasteiger partial charge in [0.1, 0.15) is 5.01 Å². The first-order valence-corrected chi connectivity index (χ1v) is 9.11. The number of aliphatic hydroxyl groups is 1. The van der Waals surface area contributed by atoms with Crippen LogP contribution in [0.3, 0.4) is 0 Å². The minimum absolute atomic E-state index is 0.0551. The maximum atomic E-state index is 12.1. The van der Waals surface area contributed by atoms with Crippen LogP contribution in [0.5, 0.6) is 0 Å². The Labute approximate surface area is 147 Å². The number of nitrogens with one attached hydrogen (secondary N) is 1. The molecule has 1 amide bonds. The summed E-state index contributed by atoms with van der Waals surface area (Å²) in [5.74, 6) is -0.0551. The lowest BCUT2D eigenvalue weighted by Crippen LogP contribution is -2.27. The number of amides is 1. The number of carbonyl (C=O) groups is 1. The molecule has 2 rings (SSSR count). The number of carbonyl (C=O) groups excluding carboxylic acids is 1. The molecule has 0 spiro atoms. The summed E-state index contributed by atoms with van der Waals surface area (Å²) in [4.78, 5) is 18.8. The molecule has 0 fully saturated rings. The second-order valence-corrected chi connectivity index (χ2v) is 6.77. The molecule has 5 nitrogen and oxygen atoms in total. The Morgan fingerprint density at radius 1 is 1.29 bits per heavy atom. The summed E-state index contributed by atoms with van der Waals surface area (Å²) >= 11 is 1.51. The van der Waals surface area contributed by atoms with Gasteiger partial charge in [-0.3, -0.25) is 9.69 Å². The maximum Gasteiger partial charge on any atom is 0.231 e. The molecular formula is C18H25N3O2S. The molecule has 1 heterocycles.